The number of aromatic nitrogens is 2. The zero-order valence-electron chi connectivity index (χ0n) is 16.7. The van der Waals surface area contributed by atoms with Crippen molar-refractivity contribution in [1.29, 1.82) is 0 Å². The Kier molecular flexibility index (Phi) is 4.93. The summed E-state index contributed by atoms with van der Waals surface area (Å²) < 4.78 is 53.8. The molecule has 3 aromatic rings. The lowest BCUT2D eigenvalue weighted by Crippen LogP contribution is -2.32. The van der Waals surface area contributed by atoms with Crippen LogP contribution in [0.1, 0.15) is 24.0 Å². The van der Waals surface area contributed by atoms with Crippen LogP contribution in [0, 0.1) is 0 Å². The number of nitrogens with zero attached hydrogens (tertiary/aromatic N) is 2. The Morgan fingerprint density at radius 1 is 1.06 bits per heavy atom. The molecule has 0 amide bonds. The summed E-state index contributed by atoms with van der Waals surface area (Å²) in [6.45, 7) is 1.24. The van der Waals surface area contributed by atoms with E-state index in [0.717, 1.165) is 41.3 Å². The molecule has 7 heteroatoms. The third-order valence-electron chi connectivity index (χ3n) is 6.13. The predicted molar refractivity (Wildman–Crippen MR) is 112 cm³/mol. The Hall–Kier alpha value is -2.93. The van der Waals surface area contributed by atoms with Gasteiger partial charge in [0.2, 0.25) is 0 Å². The molecule has 0 spiro atoms. The fraction of sp³-hybridized carbons (Fsp3) is 0.292. The predicted octanol–water partition coefficient (Wildman–Crippen LogP) is 5.96. The Bertz CT molecular complexity index is 1120. The van der Waals surface area contributed by atoms with Crippen LogP contribution in [-0.2, 0) is 6.18 Å². The minimum absolute atomic E-state index is 0.0657. The number of halogens is 4. The van der Waals surface area contributed by atoms with Gasteiger partial charge in [0.15, 0.2) is 0 Å². The number of H-pyrrole nitrogens is 1. The van der Waals surface area contributed by atoms with E-state index in [9.17, 15) is 17.6 Å². The van der Waals surface area contributed by atoms with Crippen LogP contribution in [0.2, 0.25) is 0 Å². The molecule has 2 unspecified atom stereocenters. The van der Waals surface area contributed by atoms with E-state index in [1.54, 1.807) is 18.5 Å². The lowest BCUT2D eigenvalue weighted by Gasteiger charge is -2.28. The SMILES string of the molecule is FC1CC2C=C(c3c[nH]c(-c4cccc(C(F)(F)F)c4)c3-c3ccncc3)CCN2C1. The lowest BCUT2D eigenvalue weighted by atomic mass is 9.90. The van der Waals surface area contributed by atoms with Crippen molar-refractivity contribution in [3.05, 3.63) is 72.2 Å². The third-order valence-corrected chi connectivity index (χ3v) is 6.13. The zero-order valence-corrected chi connectivity index (χ0v) is 16.7. The van der Waals surface area contributed by atoms with Gasteiger partial charge in [-0.1, -0.05) is 18.2 Å². The molecular weight excluding hydrogens is 406 g/mol. The molecule has 0 saturated carbocycles. The molecule has 31 heavy (non-hydrogen) atoms. The summed E-state index contributed by atoms with van der Waals surface area (Å²) in [5, 5.41) is 0. The monoisotopic (exact) mass is 427 g/mol. The van der Waals surface area contributed by atoms with Crippen molar-refractivity contribution in [1.82, 2.24) is 14.9 Å². The van der Waals surface area contributed by atoms with Crippen molar-refractivity contribution in [3.63, 3.8) is 0 Å². The van der Waals surface area contributed by atoms with Crippen LogP contribution < -0.4 is 0 Å². The van der Waals surface area contributed by atoms with Gasteiger partial charge < -0.3 is 4.98 Å². The van der Waals surface area contributed by atoms with E-state index in [1.807, 2.05) is 18.3 Å². The highest BCUT2D eigenvalue weighted by molar-refractivity contribution is 5.91. The minimum atomic E-state index is -4.41. The molecule has 3 nitrogen and oxygen atoms in total. The molecule has 2 aliphatic rings. The second-order valence-electron chi connectivity index (χ2n) is 8.10. The molecule has 5 rings (SSSR count). The molecule has 2 atom stereocenters. The second kappa shape index (κ2) is 7.64. The average molecular weight is 427 g/mol. The highest BCUT2D eigenvalue weighted by Gasteiger charge is 2.34. The molecule has 2 aliphatic heterocycles. The summed E-state index contributed by atoms with van der Waals surface area (Å²) in [5.74, 6) is 0. The van der Waals surface area contributed by atoms with Gasteiger partial charge >= 0.3 is 6.18 Å². The number of hydrogen-bond donors (Lipinski definition) is 1. The smallest absolute Gasteiger partial charge is 0.360 e. The van der Waals surface area contributed by atoms with E-state index >= 15 is 0 Å². The van der Waals surface area contributed by atoms with Gasteiger partial charge in [0.25, 0.3) is 0 Å². The molecule has 0 aliphatic carbocycles. The summed E-state index contributed by atoms with van der Waals surface area (Å²) in [5.41, 5.74) is 4.17. The van der Waals surface area contributed by atoms with Crippen LogP contribution in [0.15, 0.2) is 61.1 Å². The maximum Gasteiger partial charge on any atom is 0.416 e. The van der Waals surface area contributed by atoms with Crippen molar-refractivity contribution >= 4 is 5.57 Å². The van der Waals surface area contributed by atoms with Gasteiger partial charge in [-0.3, -0.25) is 9.88 Å². The highest BCUT2D eigenvalue weighted by Crippen LogP contribution is 2.42. The molecule has 160 valence electrons. The molecular formula is C24H21F4N3. The number of rotatable bonds is 3. The molecule has 1 N–H and O–H groups in total. The summed E-state index contributed by atoms with van der Waals surface area (Å²) in [6, 6.07) is 9.12. The maximum atomic E-state index is 13.9. The van der Waals surface area contributed by atoms with Gasteiger partial charge in [-0.15, -0.1) is 0 Å². The van der Waals surface area contributed by atoms with E-state index < -0.39 is 17.9 Å². The molecule has 1 aromatic carbocycles. The van der Waals surface area contributed by atoms with Crippen LogP contribution in [0.5, 0.6) is 0 Å². The van der Waals surface area contributed by atoms with Crippen LogP contribution >= 0.6 is 0 Å². The minimum Gasteiger partial charge on any atom is -0.360 e. The highest BCUT2D eigenvalue weighted by atomic mass is 19.4. The quantitative estimate of drug-likeness (QED) is 0.523. The van der Waals surface area contributed by atoms with Gasteiger partial charge in [-0.2, -0.15) is 13.2 Å². The number of hydrogen-bond acceptors (Lipinski definition) is 2. The summed E-state index contributed by atoms with van der Waals surface area (Å²) in [6.07, 6.45) is 3.34. The average Bonchev–Trinajstić information content (AvgIpc) is 3.36. The molecule has 0 bridgehead atoms. The Labute approximate surface area is 177 Å². The van der Waals surface area contributed by atoms with E-state index in [0.29, 0.717) is 24.2 Å². The fourth-order valence-electron chi connectivity index (χ4n) is 4.68. The van der Waals surface area contributed by atoms with Gasteiger partial charge in [-0.05, 0) is 53.8 Å². The Morgan fingerprint density at radius 3 is 2.65 bits per heavy atom. The second-order valence-corrected chi connectivity index (χ2v) is 8.10. The molecule has 1 saturated heterocycles. The number of pyridine rings is 1. The number of nitrogens with one attached hydrogen (secondary N) is 1. The van der Waals surface area contributed by atoms with E-state index in [4.69, 9.17) is 0 Å². The topological polar surface area (TPSA) is 31.9 Å². The van der Waals surface area contributed by atoms with Crippen molar-refractivity contribution in [2.45, 2.75) is 31.2 Å². The van der Waals surface area contributed by atoms with E-state index in [2.05, 4.69) is 20.9 Å². The molecule has 1 fully saturated rings. The number of aromatic amines is 1. The molecule has 0 radical (unpaired) electrons. The van der Waals surface area contributed by atoms with Crippen LogP contribution in [0.25, 0.3) is 28.0 Å². The van der Waals surface area contributed by atoms with Gasteiger partial charge in [0, 0.05) is 48.8 Å². The van der Waals surface area contributed by atoms with Crippen molar-refractivity contribution in [2.75, 3.05) is 13.1 Å². The van der Waals surface area contributed by atoms with Crippen LogP contribution in [0.4, 0.5) is 17.6 Å². The first-order valence-electron chi connectivity index (χ1n) is 10.3. The van der Waals surface area contributed by atoms with Gasteiger partial charge in [0.1, 0.15) is 6.17 Å². The van der Waals surface area contributed by atoms with Crippen molar-refractivity contribution in [3.8, 4) is 22.4 Å². The first kappa shape index (κ1) is 20.0. The van der Waals surface area contributed by atoms with Gasteiger partial charge in [-0.25, -0.2) is 4.39 Å². The van der Waals surface area contributed by atoms with Crippen LogP contribution in [0.3, 0.4) is 0 Å². The van der Waals surface area contributed by atoms with Crippen molar-refractivity contribution in [2.24, 2.45) is 0 Å². The number of alkyl halides is 4. The number of fused-ring (bicyclic) bond motifs is 1. The summed E-state index contributed by atoms with van der Waals surface area (Å²) >= 11 is 0. The fourth-order valence-corrected chi connectivity index (χ4v) is 4.68. The normalized spacial score (nSPS) is 21.7. The first-order valence-corrected chi connectivity index (χ1v) is 10.3. The maximum absolute atomic E-state index is 13.9. The largest absolute Gasteiger partial charge is 0.416 e. The first-order chi connectivity index (χ1) is 14.9. The van der Waals surface area contributed by atoms with Crippen LogP contribution in [-0.4, -0.2) is 40.2 Å². The lowest BCUT2D eigenvalue weighted by molar-refractivity contribution is -0.137. The molecule has 4 heterocycles. The summed E-state index contributed by atoms with van der Waals surface area (Å²) in [4.78, 5) is 9.45. The van der Waals surface area contributed by atoms with Crippen molar-refractivity contribution < 1.29 is 17.6 Å². The van der Waals surface area contributed by atoms with E-state index in [-0.39, 0.29) is 6.04 Å². The van der Waals surface area contributed by atoms with Gasteiger partial charge in [0.05, 0.1) is 11.3 Å². The molecule has 2 aromatic heterocycles. The zero-order chi connectivity index (χ0) is 21.6. The Morgan fingerprint density at radius 2 is 1.87 bits per heavy atom. The number of benzene rings is 1. The third kappa shape index (κ3) is 3.78. The standard InChI is InChI=1S/C24H21F4N3/c25-19-12-20-11-16(6-9-31(20)14-19)21-13-30-23(22(21)15-4-7-29-8-5-15)17-2-1-3-18(10-17)24(26,27)28/h1-5,7-8,10-11,13,19-20,30H,6,9,12,14H2. The summed E-state index contributed by atoms with van der Waals surface area (Å²) in [7, 11) is 0. The Balaban J connectivity index is 1.63. The van der Waals surface area contributed by atoms with E-state index in [1.165, 1.54) is 12.1 Å².